The Kier molecular flexibility index (Phi) is 5.61. The third-order valence-electron chi connectivity index (χ3n) is 4.34. The van der Waals surface area contributed by atoms with Crippen LogP contribution in [0.4, 0.5) is 5.82 Å². The van der Waals surface area contributed by atoms with Gasteiger partial charge in [0.1, 0.15) is 6.07 Å². The van der Waals surface area contributed by atoms with E-state index in [2.05, 4.69) is 42.2 Å². The predicted octanol–water partition coefficient (Wildman–Crippen LogP) is 2.76. The van der Waals surface area contributed by atoms with Gasteiger partial charge in [-0.1, -0.05) is 22.0 Å². The molecule has 1 N–H and O–H groups in total. The maximum atomic E-state index is 12.2. The average molecular weight is 400 g/mol. The molecule has 3 rings (SSSR count). The van der Waals surface area contributed by atoms with E-state index in [4.69, 9.17) is 5.26 Å². The van der Waals surface area contributed by atoms with Crippen molar-refractivity contribution in [2.75, 3.05) is 24.5 Å². The third kappa shape index (κ3) is 4.34. The summed E-state index contributed by atoms with van der Waals surface area (Å²) in [7, 11) is 0. The highest BCUT2D eigenvalue weighted by Gasteiger charge is 2.22. The van der Waals surface area contributed by atoms with Crippen molar-refractivity contribution in [2.45, 2.75) is 12.8 Å². The standard InChI is InChI=1S/C18H18BrN5O/c19-15-3-1-2-14(10-15)18(25)23-12-13-4-8-24(9-5-13)17-16(11-20)21-6-7-22-17/h1-3,6-7,10,13H,4-5,8-9,12H2,(H,23,25). The lowest BCUT2D eigenvalue weighted by molar-refractivity contribution is 0.0945. The molecule has 2 aromatic rings. The molecular formula is C18H18BrN5O. The number of carbonyl (C=O) groups excluding carboxylic acids is 1. The number of amides is 1. The molecule has 6 nitrogen and oxygen atoms in total. The molecule has 0 saturated carbocycles. The number of carbonyl (C=O) groups is 1. The first kappa shape index (κ1) is 17.4. The van der Waals surface area contributed by atoms with Gasteiger partial charge >= 0.3 is 0 Å². The van der Waals surface area contributed by atoms with Crippen LogP contribution in [-0.4, -0.2) is 35.5 Å². The van der Waals surface area contributed by atoms with Crippen molar-refractivity contribution in [1.29, 1.82) is 5.26 Å². The Balaban J connectivity index is 1.51. The second kappa shape index (κ2) is 8.08. The van der Waals surface area contributed by atoms with Crippen LogP contribution in [0.25, 0.3) is 0 Å². The van der Waals surface area contributed by atoms with E-state index in [9.17, 15) is 4.79 Å². The first-order chi connectivity index (χ1) is 12.2. The van der Waals surface area contributed by atoms with Crippen molar-refractivity contribution < 1.29 is 4.79 Å². The van der Waals surface area contributed by atoms with Crippen LogP contribution < -0.4 is 10.2 Å². The van der Waals surface area contributed by atoms with E-state index < -0.39 is 0 Å². The molecule has 128 valence electrons. The number of nitrogens with one attached hydrogen (secondary N) is 1. The van der Waals surface area contributed by atoms with Crippen LogP contribution in [0.5, 0.6) is 0 Å². The van der Waals surface area contributed by atoms with E-state index in [1.165, 1.54) is 6.20 Å². The van der Waals surface area contributed by atoms with E-state index in [1.807, 2.05) is 18.2 Å². The topological polar surface area (TPSA) is 81.9 Å². The summed E-state index contributed by atoms with van der Waals surface area (Å²) in [6, 6.07) is 9.46. The number of piperidine rings is 1. The zero-order valence-corrected chi connectivity index (χ0v) is 15.2. The summed E-state index contributed by atoms with van der Waals surface area (Å²) < 4.78 is 0.894. The lowest BCUT2D eigenvalue weighted by Gasteiger charge is -2.32. The molecule has 0 unspecified atom stereocenters. The molecule has 1 saturated heterocycles. The van der Waals surface area contributed by atoms with E-state index in [0.29, 0.717) is 29.5 Å². The van der Waals surface area contributed by atoms with Crippen molar-refractivity contribution in [1.82, 2.24) is 15.3 Å². The van der Waals surface area contributed by atoms with Crippen LogP contribution in [0.15, 0.2) is 41.1 Å². The SMILES string of the molecule is N#Cc1nccnc1N1CCC(CNC(=O)c2cccc(Br)c2)CC1. The molecule has 0 radical (unpaired) electrons. The molecule has 1 aliphatic heterocycles. The quantitative estimate of drug-likeness (QED) is 0.854. The highest BCUT2D eigenvalue weighted by atomic mass is 79.9. The van der Waals surface area contributed by atoms with Gasteiger partial charge in [0.05, 0.1) is 0 Å². The molecular weight excluding hydrogens is 382 g/mol. The van der Waals surface area contributed by atoms with E-state index in [-0.39, 0.29) is 5.91 Å². The Morgan fingerprint density at radius 1 is 1.32 bits per heavy atom. The Bertz CT molecular complexity index is 796. The zero-order valence-electron chi connectivity index (χ0n) is 13.7. The van der Waals surface area contributed by atoms with Gasteiger partial charge in [0.15, 0.2) is 11.5 Å². The van der Waals surface area contributed by atoms with E-state index in [0.717, 1.165) is 30.4 Å². The van der Waals surface area contributed by atoms with Crippen molar-refractivity contribution in [2.24, 2.45) is 5.92 Å². The molecule has 25 heavy (non-hydrogen) atoms. The van der Waals surface area contributed by atoms with Crippen molar-refractivity contribution in [3.63, 3.8) is 0 Å². The molecule has 7 heteroatoms. The van der Waals surface area contributed by atoms with Crippen LogP contribution in [0.1, 0.15) is 28.9 Å². The van der Waals surface area contributed by atoms with Crippen molar-refractivity contribution in [3.8, 4) is 6.07 Å². The average Bonchev–Trinajstić information content (AvgIpc) is 2.66. The molecule has 1 aliphatic rings. The highest BCUT2D eigenvalue weighted by Crippen LogP contribution is 2.23. The highest BCUT2D eigenvalue weighted by molar-refractivity contribution is 9.10. The maximum absolute atomic E-state index is 12.2. The molecule has 0 atom stereocenters. The lowest BCUT2D eigenvalue weighted by Crippen LogP contribution is -2.39. The van der Waals surface area contributed by atoms with Crippen LogP contribution in [0.2, 0.25) is 0 Å². The second-order valence-corrected chi connectivity index (χ2v) is 6.91. The molecule has 1 aromatic carbocycles. The van der Waals surface area contributed by atoms with Crippen molar-refractivity contribution >= 4 is 27.7 Å². The Labute approximate surface area is 155 Å². The first-order valence-corrected chi connectivity index (χ1v) is 8.96. The fraction of sp³-hybridized carbons (Fsp3) is 0.333. The summed E-state index contributed by atoms with van der Waals surface area (Å²) in [5.41, 5.74) is 1.02. The van der Waals surface area contributed by atoms with Crippen LogP contribution in [-0.2, 0) is 0 Å². The summed E-state index contributed by atoms with van der Waals surface area (Å²) in [6.45, 7) is 2.28. The molecule has 0 spiro atoms. The van der Waals surface area contributed by atoms with Gasteiger partial charge < -0.3 is 10.2 Å². The fourth-order valence-corrected chi connectivity index (χ4v) is 3.36. The van der Waals surface area contributed by atoms with Gasteiger partial charge in [-0.3, -0.25) is 4.79 Å². The lowest BCUT2D eigenvalue weighted by atomic mass is 9.96. The van der Waals surface area contributed by atoms with E-state index in [1.54, 1.807) is 12.3 Å². The molecule has 2 heterocycles. The smallest absolute Gasteiger partial charge is 0.251 e. The summed E-state index contributed by atoms with van der Waals surface area (Å²) in [5, 5.41) is 12.2. The monoisotopic (exact) mass is 399 g/mol. The number of anilines is 1. The Morgan fingerprint density at radius 3 is 2.80 bits per heavy atom. The number of hydrogen-bond donors (Lipinski definition) is 1. The van der Waals surface area contributed by atoms with Crippen LogP contribution in [0.3, 0.4) is 0 Å². The van der Waals surface area contributed by atoms with Gasteiger partial charge in [0, 0.05) is 42.1 Å². The third-order valence-corrected chi connectivity index (χ3v) is 4.83. The minimum absolute atomic E-state index is 0.0515. The van der Waals surface area contributed by atoms with Gasteiger partial charge in [-0.25, -0.2) is 9.97 Å². The molecule has 0 bridgehead atoms. The number of nitriles is 1. The number of halogens is 1. The van der Waals surface area contributed by atoms with Gasteiger partial charge in [-0.15, -0.1) is 0 Å². The Morgan fingerprint density at radius 2 is 2.08 bits per heavy atom. The number of hydrogen-bond acceptors (Lipinski definition) is 5. The van der Waals surface area contributed by atoms with E-state index >= 15 is 0 Å². The summed E-state index contributed by atoms with van der Waals surface area (Å²) in [6.07, 6.45) is 5.03. The zero-order chi connectivity index (χ0) is 17.6. The second-order valence-electron chi connectivity index (χ2n) is 5.99. The number of aromatic nitrogens is 2. The first-order valence-electron chi connectivity index (χ1n) is 8.17. The maximum Gasteiger partial charge on any atom is 0.251 e. The van der Waals surface area contributed by atoms with Crippen LogP contribution >= 0.6 is 15.9 Å². The van der Waals surface area contributed by atoms with Crippen molar-refractivity contribution in [3.05, 3.63) is 52.4 Å². The van der Waals surface area contributed by atoms with Gasteiger partial charge in [0.2, 0.25) is 0 Å². The molecule has 0 aliphatic carbocycles. The Hall–Kier alpha value is -2.46. The van der Waals surface area contributed by atoms with Gasteiger partial charge in [0.25, 0.3) is 5.91 Å². The fourth-order valence-electron chi connectivity index (χ4n) is 2.96. The van der Waals surface area contributed by atoms with Gasteiger partial charge in [-0.05, 0) is 37.0 Å². The number of benzene rings is 1. The summed E-state index contributed by atoms with van der Waals surface area (Å²) in [4.78, 5) is 22.7. The number of nitrogens with zero attached hydrogens (tertiary/aromatic N) is 4. The summed E-state index contributed by atoms with van der Waals surface area (Å²) in [5.74, 6) is 1.03. The minimum Gasteiger partial charge on any atom is -0.354 e. The van der Waals surface area contributed by atoms with Gasteiger partial charge in [-0.2, -0.15) is 5.26 Å². The van der Waals surface area contributed by atoms with Crippen LogP contribution in [0, 0.1) is 17.2 Å². The molecule has 1 aromatic heterocycles. The molecule has 1 amide bonds. The predicted molar refractivity (Wildman–Crippen MR) is 98.2 cm³/mol. The largest absolute Gasteiger partial charge is 0.354 e. The molecule has 1 fully saturated rings. The number of rotatable bonds is 4. The summed E-state index contributed by atoms with van der Waals surface area (Å²) >= 11 is 3.38. The minimum atomic E-state index is -0.0515. The normalized spacial score (nSPS) is 14.8.